The van der Waals surface area contributed by atoms with Gasteiger partial charge in [-0.3, -0.25) is 9.59 Å². The number of nitrogen functional groups attached to an aromatic ring is 1. The van der Waals surface area contributed by atoms with Crippen LogP contribution in [0.2, 0.25) is 5.02 Å². The van der Waals surface area contributed by atoms with E-state index in [0.29, 0.717) is 23.0 Å². The summed E-state index contributed by atoms with van der Waals surface area (Å²) >= 11 is 7.23. The van der Waals surface area contributed by atoms with Gasteiger partial charge in [0.25, 0.3) is 0 Å². The minimum Gasteiger partial charge on any atom is -0.483 e. The molecule has 0 aliphatic carbocycles. The lowest BCUT2D eigenvalue weighted by atomic mass is 10.1. The van der Waals surface area contributed by atoms with Crippen molar-refractivity contribution in [3.05, 3.63) is 33.9 Å². The normalized spacial score (nSPS) is 10.3. The van der Waals surface area contributed by atoms with Crippen LogP contribution in [0.15, 0.2) is 18.2 Å². The number of carbonyl (C=O) groups is 2. The van der Waals surface area contributed by atoms with E-state index in [9.17, 15) is 14.0 Å². The van der Waals surface area contributed by atoms with Crippen molar-refractivity contribution in [1.82, 2.24) is 0 Å². The summed E-state index contributed by atoms with van der Waals surface area (Å²) < 4.78 is 18.3. The van der Waals surface area contributed by atoms with Crippen LogP contribution >= 0.6 is 22.9 Å². The molecule has 2 N–H and O–H groups in total. The molecule has 104 valence electrons. The van der Waals surface area contributed by atoms with Gasteiger partial charge in [-0.25, -0.2) is 4.39 Å². The van der Waals surface area contributed by atoms with Gasteiger partial charge in [0, 0.05) is 0 Å². The number of benzene rings is 1. The van der Waals surface area contributed by atoms with Gasteiger partial charge < -0.3 is 10.5 Å². The Morgan fingerprint density at radius 2 is 2.15 bits per heavy atom. The first kappa shape index (κ1) is 14.5. The van der Waals surface area contributed by atoms with Crippen molar-refractivity contribution in [2.45, 2.75) is 0 Å². The maximum absolute atomic E-state index is 13.2. The van der Waals surface area contributed by atoms with Crippen LogP contribution in [-0.4, -0.2) is 19.2 Å². The topological polar surface area (TPSA) is 69.4 Å². The Balaban J connectivity index is 2.51. The van der Waals surface area contributed by atoms with Gasteiger partial charge in [0.05, 0.1) is 10.6 Å². The van der Waals surface area contributed by atoms with Crippen LogP contribution in [0, 0.1) is 5.82 Å². The van der Waals surface area contributed by atoms with E-state index in [2.05, 4.69) is 0 Å². The second-order valence-corrected chi connectivity index (χ2v) is 5.20. The minimum atomic E-state index is -0.533. The number of nitrogens with two attached hydrogens (primary N) is 1. The van der Waals surface area contributed by atoms with E-state index in [0.717, 1.165) is 11.3 Å². The third-order valence-corrected chi connectivity index (χ3v) is 4.11. The quantitative estimate of drug-likeness (QED) is 0.680. The van der Waals surface area contributed by atoms with Crippen molar-refractivity contribution in [1.29, 1.82) is 0 Å². The highest BCUT2D eigenvalue weighted by molar-refractivity contribution is 7.18. The molecule has 4 nitrogen and oxygen atoms in total. The zero-order valence-corrected chi connectivity index (χ0v) is 11.6. The fourth-order valence-corrected chi connectivity index (χ4v) is 3.00. The number of halogens is 2. The smallest absolute Gasteiger partial charge is 0.163 e. The third kappa shape index (κ3) is 2.66. The molecule has 0 atom stereocenters. The van der Waals surface area contributed by atoms with E-state index < -0.39 is 5.82 Å². The average Bonchev–Trinajstić information content (AvgIpc) is 2.76. The lowest BCUT2D eigenvalue weighted by Crippen LogP contribution is -1.98. The summed E-state index contributed by atoms with van der Waals surface area (Å²) in [5, 5.41) is 0.199. The van der Waals surface area contributed by atoms with E-state index in [1.807, 2.05) is 0 Å². The van der Waals surface area contributed by atoms with Crippen LogP contribution in [0.3, 0.4) is 0 Å². The highest BCUT2D eigenvalue weighted by Crippen LogP contribution is 2.45. The van der Waals surface area contributed by atoms with Crippen LogP contribution < -0.4 is 10.5 Å². The first-order chi connectivity index (χ1) is 9.58. The van der Waals surface area contributed by atoms with E-state index >= 15 is 0 Å². The van der Waals surface area contributed by atoms with Crippen molar-refractivity contribution in [2.24, 2.45) is 0 Å². The Labute approximate surface area is 122 Å². The number of aldehydes is 2. The van der Waals surface area contributed by atoms with Crippen LogP contribution in [0.1, 0.15) is 9.67 Å². The number of carbonyl (C=O) groups excluding carboxylic acids is 2. The number of hydrogen-bond donors (Lipinski definition) is 1. The second-order valence-electron chi connectivity index (χ2n) is 3.77. The maximum Gasteiger partial charge on any atom is 0.163 e. The molecule has 2 aromatic rings. The summed E-state index contributed by atoms with van der Waals surface area (Å²) in [7, 11) is 0. The molecule has 0 fully saturated rings. The summed E-state index contributed by atoms with van der Waals surface area (Å²) in [5.74, 6) is -0.383. The molecule has 2 rings (SSSR count). The number of ether oxygens (including phenoxy) is 1. The highest BCUT2D eigenvalue weighted by Gasteiger charge is 2.19. The van der Waals surface area contributed by atoms with Crippen molar-refractivity contribution >= 4 is 41.2 Å². The molecule has 20 heavy (non-hydrogen) atoms. The van der Waals surface area contributed by atoms with Crippen molar-refractivity contribution in [3.8, 4) is 16.2 Å². The van der Waals surface area contributed by atoms with Crippen molar-refractivity contribution < 1.29 is 18.7 Å². The van der Waals surface area contributed by atoms with Crippen LogP contribution in [0.4, 0.5) is 10.1 Å². The number of anilines is 1. The largest absolute Gasteiger partial charge is 0.483 e. The lowest BCUT2D eigenvalue weighted by Gasteiger charge is -2.03. The fourth-order valence-electron chi connectivity index (χ4n) is 1.61. The zero-order valence-electron chi connectivity index (χ0n) is 10.1. The summed E-state index contributed by atoms with van der Waals surface area (Å²) in [6, 6.07) is 4.14. The van der Waals surface area contributed by atoms with Gasteiger partial charge in [0.15, 0.2) is 18.3 Å². The Morgan fingerprint density at radius 1 is 1.40 bits per heavy atom. The van der Waals surface area contributed by atoms with E-state index in [4.69, 9.17) is 22.1 Å². The molecule has 0 aliphatic rings. The minimum absolute atomic E-state index is 0.0185. The van der Waals surface area contributed by atoms with Crippen molar-refractivity contribution in [2.75, 3.05) is 12.3 Å². The zero-order chi connectivity index (χ0) is 14.7. The molecule has 1 heterocycles. The van der Waals surface area contributed by atoms with E-state index in [-0.39, 0.29) is 27.9 Å². The average molecular weight is 314 g/mol. The molecule has 0 unspecified atom stereocenters. The highest BCUT2D eigenvalue weighted by atomic mass is 35.5. The standard InChI is InChI=1S/C13H9ClFNO3S/c14-11-12(19-4-3-17)10(6-18)20-13(11)7-1-2-8(15)9(16)5-7/h1-3,5-6H,4,16H2. The van der Waals surface area contributed by atoms with Crippen molar-refractivity contribution in [3.63, 3.8) is 0 Å². The van der Waals surface area contributed by atoms with Gasteiger partial charge in [-0.2, -0.15) is 0 Å². The molecule has 1 aromatic heterocycles. The first-order valence-corrected chi connectivity index (χ1v) is 6.67. The lowest BCUT2D eigenvalue weighted by molar-refractivity contribution is -0.109. The summed E-state index contributed by atoms with van der Waals surface area (Å²) in [6.45, 7) is -0.206. The Hall–Kier alpha value is -1.92. The predicted octanol–water partition coefficient (Wildman–Crippen LogP) is 3.18. The molecule has 0 amide bonds. The van der Waals surface area contributed by atoms with Gasteiger partial charge in [0.1, 0.15) is 22.3 Å². The molecule has 7 heteroatoms. The third-order valence-electron chi connectivity index (χ3n) is 2.50. The predicted molar refractivity (Wildman–Crippen MR) is 76.1 cm³/mol. The summed E-state index contributed by atoms with van der Waals surface area (Å²) in [4.78, 5) is 22.1. The Morgan fingerprint density at radius 3 is 2.75 bits per heavy atom. The Bertz CT molecular complexity index is 672. The van der Waals surface area contributed by atoms with Crippen LogP contribution in [0.25, 0.3) is 10.4 Å². The molecule has 0 radical (unpaired) electrons. The molecular formula is C13H9ClFNO3S. The summed E-state index contributed by atoms with van der Waals surface area (Å²) in [6.07, 6.45) is 1.14. The Kier molecular flexibility index (Phi) is 4.36. The molecule has 0 aliphatic heterocycles. The van der Waals surface area contributed by atoms with Gasteiger partial charge >= 0.3 is 0 Å². The second kappa shape index (κ2) is 6.02. The summed E-state index contributed by atoms with van der Waals surface area (Å²) in [5.41, 5.74) is 6.06. The van der Waals surface area contributed by atoms with Gasteiger partial charge in [-0.1, -0.05) is 17.7 Å². The number of thiophene rings is 1. The molecule has 0 spiro atoms. The van der Waals surface area contributed by atoms with E-state index in [1.54, 1.807) is 0 Å². The molecular weight excluding hydrogens is 305 g/mol. The molecule has 0 saturated carbocycles. The fraction of sp³-hybridized carbons (Fsp3) is 0.0769. The number of hydrogen-bond acceptors (Lipinski definition) is 5. The van der Waals surface area contributed by atoms with Gasteiger partial charge in [-0.15, -0.1) is 11.3 Å². The van der Waals surface area contributed by atoms with Gasteiger partial charge in [0.2, 0.25) is 0 Å². The first-order valence-electron chi connectivity index (χ1n) is 5.47. The van der Waals surface area contributed by atoms with E-state index in [1.165, 1.54) is 18.2 Å². The molecule has 0 saturated heterocycles. The van der Waals surface area contributed by atoms with Crippen LogP contribution in [-0.2, 0) is 4.79 Å². The number of rotatable bonds is 5. The molecule has 0 bridgehead atoms. The maximum atomic E-state index is 13.2. The van der Waals surface area contributed by atoms with Crippen LogP contribution in [0.5, 0.6) is 5.75 Å². The molecule has 1 aromatic carbocycles. The van der Waals surface area contributed by atoms with Gasteiger partial charge in [-0.05, 0) is 17.7 Å². The monoisotopic (exact) mass is 313 g/mol. The SMILES string of the molecule is Nc1cc(-c2sc(C=O)c(OCC=O)c2Cl)ccc1F.